The standard InChI is InChI=1S/C12H18N2O4S/c1-5-18-11(17)9-13-8(6-19-9)10(16)14(4)12(2,3)7-15/h6,15H,5,7H2,1-4H3. The number of hydrogen-bond acceptors (Lipinski definition) is 6. The Morgan fingerprint density at radius 3 is 2.68 bits per heavy atom. The highest BCUT2D eigenvalue weighted by molar-refractivity contribution is 7.11. The lowest BCUT2D eigenvalue weighted by Gasteiger charge is -2.33. The summed E-state index contributed by atoms with van der Waals surface area (Å²) >= 11 is 1.07. The van der Waals surface area contributed by atoms with Crippen LogP contribution in [0.1, 0.15) is 41.1 Å². The van der Waals surface area contributed by atoms with Gasteiger partial charge < -0.3 is 14.7 Å². The van der Waals surface area contributed by atoms with Gasteiger partial charge in [-0.15, -0.1) is 11.3 Å². The monoisotopic (exact) mass is 286 g/mol. The number of aromatic nitrogens is 1. The summed E-state index contributed by atoms with van der Waals surface area (Å²) < 4.78 is 4.81. The molecule has 1 N–H and O–H groups in total. The predicted molar refractivity (Wildman–Crippen MR) is 71.3 cm³/mol. The fourth-order valence-corrected chi connectivity index (χ4v) is 1.89. The first kappa shape index (κ1) is 15.6. The second-order valence-corrected chi connectivity index (χ2v) is 5.45. The maximum absolute atomic E-state index is 12.2. The number of amides is 1. The van der Waals surface area contributed by atoms with Crippen LogP contribution in [-0.2, 0) is 4.74 Å². The summed E-state index contributed by atoms with van der Waals surface area (Å²) in [6.07, 6.45) is 0. The summed E-state index contributed by atoms with van der Waals surface area (Å²) in [5, 5.41) is 10.9. The molecule has 0 unspecified atom stereocenters. The van der Waals surface area contributed by atoms with Gasteiger partial charge in [0.25, 0.3) is 5.91 Å². The number of carbonyl (C=O) groups is 2. The summed E-state index contributed by atoms with van der Waals surface area (Å²) in [7, 11) is 1.59. The van der Waals surface area contributed by atoms with E-state index in [9.17, 15) is 14.7 Å². The zero-order chi connectivity index (χ0) is 14.6. The van der Waals surface area contributed by atoms with E-state index in [4.69, 9.17) is 4.74 Å². The lowest BCUT2D eigenvalue weighted by molar-refractivity contribution is 0.0468. The van der Waals surface area contributed by atoms with Gasteiger partial charge in [0.1, 0.15) is 5.69 Å². The van der Waals surface area contributed by atoms with Crippen molar-refractivity contribution < 1.29 is 19.4 Å². The molecule has 0 spiro atoms. The Morgan fingerprint density at radius 1 is 1.53 bits per heavy atom. The molecule has 0 aromatic carbocycles. The number of rotatable bonds is 5. The highest BCUT2D eigenvalue weighted by atomic mass is 32.1. The zero-order valence-electron chi connectivity index (χ0n) is 11.5. The molecule has 1 heterocycles. The van der Waals surface area contributed by atoms with E-state index in [0.717, 1.165) is 11.3 Å². The molecule has 1 aromatic rings. The highest BCUT2D eigenvalue weighted by Gasteiger charge is 2.29. The molecule has 1 rings (SSSR count). The van der Waals surface area contributed by atoms with Crippen molar-refractivity contribution in [3.05, 3.63) is 16.1 Å². The number of ether oxygens (including phenoxy) is 1. The molecule has 1 aromatic heterocycles. The third-order valence-corrected chi connectivity index (χ3v) is 3.60. The second-order valence-electron chi connectivity index (χ2n) is 4.59. The Hall–Kier alpha value is -1.47. The van der Waals surface area contributed by atoms with Crippen molar-refractivity contribution in [2.45, 2.75) is 26.3 Å². The van der Waals surface area contributed by atoms with Crippen molar-refractivity contribution in [1.82, 2.24) is 9.88 Å². The van der Waals surface area contributed by atoms with Crippen LogP contribution in [0.2, 0.25) is 0 Å². The molecule has 106 valence electrons. The number of likely N-dealkylation sites (N-methyl/N-ethyl adjacent to an activating group) is 1. The van der Waals surface area contributed by atoms with E-state index < -0.39 is 11.5 Å². The van der Waals surface area contributed by atoms with Crippen LogP contribution in [0.3, 0.4) is 0 Å². The Kier molecular flexibility index (Phi) is 5.02. The van der Waals surface area contributed by atoms with Crippen LogP contribution in [0.4, 0.5) is 0 Å². The minimum atomic E-state index is -0.690. The maximum atomic E-state index is 12.2. The van der Waals surface area contributed by atoms with Crippen molar-refractivity contribution >= 4 is 23.2 Å². The van der Waals surface area contributed by atoms with Crippen molar-refractivity contribution in [3.8, 4) is 0 Å². The van der Waals surface area contributed by atoms with Gasteiger partial charge in [-0.2, -0.15) is 0 Å². The van der Waals surface area contributed by atoms with Gasteiger partial charge in [-0.05, 0) is 20.8 Å². The van der Waals surface area contributed by atoms with Crippen LogP contribution >= 0.6 is 11.3 Å². The molecule has 19 heavy (non-hydrogen) atoms. The summed E-state index contributed by atoms with van der Waals surface area (Å²) in [5.74, 6) is -0.874. The van der Waals surface area contributed by atoms with Crippen molar-refractivity contribution in [3.63, 3.8) is 0 Å². The summed E-state index contributed by atoms with van der Waals surface area (Å²) in [4.78, 5) is 29.0. The van der Waals surface area contributed by atoms with Gasteiger partial charge in [-0.25, -0.2) is 9.78 Å². The minimum Gasteiger partial charge on any atom is -0.461 e. The van der Waals surface area contributed by atoms with Crippen molar-refractivity contribution in [1.29, 1.82) is 0 Å². The van der Waals surface area contributed by atoms with Crippen LogP contribution in [0.25, 0.3) is 0 Å². The van der Waals surface area contributed by atoms with Gasteiger partial charge in [0.2, 0.25) is 5.01 Å². The van der Waals surface area contributed by atoms with E-state index in [-0.39, 0.29) is 29.8 Å². The van der Waals surface area contributed by atoms with E-state index in [1.807, 2.05) is 0 Å². The molecule has 0 saturated carbocycles. The number of thiazole rings is 1. The smallest absolute Gasteiger partial charge is 0.367 e. The summed E-state index contributed by atoms with van der Waals surface area (Å²) in [5.41, 5.74) is -0.512. The zero-order valence-corrected chi connectivity index (χ0v) is 12.3. The highest BCUT2D eigenvalue weighted by Crippen LogP contribution is 2.17. The molecule has 0 aliphatic carbocycles. The first-order valence-electron chi connectivity index (χ1n) is 5.85. The average Bonchev–Trinajstić information content (AvgIpc) is 2.86. The normalized spacial score (nSPS) is 11.2. The summed E-state index contributed by atoms with van der Waals surface area (Å²) in [6.45, 7) is 5.28. The Balaban J connectivity index is 2.87. The molecular weight excluding hydrogens is 268 g/mol. The number of hydrogen-bond donors (Lipinski definition) is 1. The Bertz CT molecular complexity index is 470. The molecule has 7 heteroatoms. The Labute approximate surface area is 116 Å². The third-order valence-electron chi connectivity index (χ3n) is 2.77. The molecule has 0 aliphatic rings. The lowest BCUT2D eigenvalue weighted by atomic mass is 10.1. The number of aliphatic hydroxyl groups excluding tert-OH is 1. The van der Waals surface area contributed by atoms with Gasteiger partial charge in [-0.3, -0.25) is 4.79 Å². The number of aliphatic hydroxyl groups is 1. The number of carbonyl (C=O) groups excluding carboxylic acids is 2. The van der Waals surface area contributed by atoms with Crippen LogP contribution < -0.4 is 0 Å². The largest absolute Gasteiger partial charge is 0.461 e. The van der Waals surface area contributed by atoms with E-state index >= 15 is 0 Å². The van der Waals surface area contributed by atoms with Gasteiger partial charge in [-0.1, -0.05) is 0 Å². The second kappa shape index (κ2) is 6.12. The van der Waals surface area contributed by atoms with Crippen molar-refractivity contribution in [2.24, 2.45) is 0 Å². The topological polar surface area (TPSA) is 79.7 Å². The molecule has 0 radical (unpaired) electrons. The van der Waals surface area contributed by atoms with Gasteiger partial charge in [0, 0.05) is 12.4 Å². The van der Waals surface area contributed by atoms with E-state index in [0.29, 0.717) is 0 Å². The fraction of sp³-hybridized carbons (Fsp3) is 0.583. The van der Waals surface area contributed by atoms with E-state index in [1.165, 1.54) is 10.3 Å². The van der Waals surface area contributed by atoms with E-state index in [1.54, 1.807) is 27.8 Å². The van der Waals surface area contributed by atoms with E-state index in [2.05, 4.69) is 4.98 Å². The molecule has 0 saturated heterocycles. The first-order chi connectivity index (χ1) is 8.83. The van der Waals surface area contributed by atoms with Gasteiger partial charge >= 0.3 is 5.97 Å². The molecule has 0 atom stereocenters. The molecular formula is C12H18N2O4S. The molecule has 1 amide bonds. The van der Waals surface area contributed by atoms with Crippen LogP contribution in [0.15, 0.2) is 5.38 Å². The first-order valence-corrected chi connectivity index (χ1v) is 6.73. The average molecular weight is 286 g/mol. The quantitative estimate of drug-likeness (QED) is 0.822. The number of esters is 1. The Morgan fingerprint density at radius 2 is 2.16 bits per heavy atom. The number of nitrogens with zero attached hydrogens (tertiary/aromatic N) is 2. The van der Waals surface area contributed by atoms with Gasteiger partial charge in [0.05, 0.1) is 18.8 Å². The molecule has 0 aliphatic heterocycles. The van der Waals surface area contributed by atoms with Crippen LogP contribution in [-0.4, -0.2) is 52.7 Å². The fourth-order valence-electron chi connectivity index (χ4n) is 1.21. The lowest BCUT2D eigenvalue weighted by Crippen LogP contribution is -2.47. The van der Waals surface area contributed by atoms with Crippen LogP contribution in [0, 0.1) is 0 Å². The third kappa shape index (κ3) is 3.51. The summed E-state index contributed by atoms with van der Waals surface area (Å²) in [6, 6.07) is 0. The molecule has 6 nitrogen and oxygen atoms in total. The predicted octanol–water partition coefficient (Wildman–Crippen LogP) is 1.16. The molecule has 0 bridgehead atoms. The minimum absolute atomic E-state index is 0.153. The maximum Gasteiger partial charge on any atom is 0.367 e. The molecule has 0 fully saturated rings. The van der Waals surface area contributed by atoms with Crippen LogP contribution in [0.5, 0.6) is 0 Å². The van der Waals surface area contributed by atoms with Gasteiger partial charge in [0.15, 0.2) is 0 Å². The van der Waals surface area contributed by atoms with Crippen molar-refractivity contribution in [2.75, 3.05) is 20.3 Å². The SMILES string of the molecule is CCOC(=O)c1nc(C(=O)N(C)C(C)(C)CO)cs1.